The highest BCUT2D eigenvalue weighted by Gasteiger charge is 2.48. The molecule has 1 amide bonds. The van der Waals surface area contributed by atoms with Crippen molar-refractivity contribution >= 4 is 17.3 Å². The number of para-hydroxylation sites is 1. The van der Waals surface area contributed by atoms with Crippen LogP contribution in [0.2, 0.25) is 0 Å². The number of hydrogen-bond acceptors (Lipinski definition) is 4. The van der Waals surface area contributed by atoms with Crippen molar-refractivity contribution in [3.8, 4) is 5.88 Å². The van der Waals surface area contributed by atoms with Gasteiger partial charge in [-0.1, -0.05) is 25.1 Å². The summed E-state index contributed by atoms with van der Waals surface area (Å²) in [6.45, 7) is 3.88. The van der Waals surface area contributed by atoms with E-state index in [1.807, 2.05) is 35.2 Å². The number of aromatic nitrogens is 1. The van der Waals surface area contributed by atoms with E-state index in [0.717, 1.165) is 17.1 Å². The van der Waals surface area contributed by atoms with Gasteiger partial charge >= 0.3 is 0 Å². The van der Waals surface area contributed by atoms with Gasteiger partial charge in [0.15, 0.2) is 0 Å². The molecular formula is C21H25N3O2. The summed E-state index contributed by atoms with van der Waals surface area (Å²) in [6, 6.07) is 14.2. The van der Waals surface area contributed by atoms with Crippen LogP contribution in [0.15, 0.2) is 42.5 Å². The van der Waals surface area contributed by atoms with E-state index in [4.69, 9.17) is 9.72 Å². The first kappa shape index (κ1) is 16.9. The molecule has 4 rings (SSSR count). The Bertz CT molecular complexity index is 804. The number of methoxy groups -OCH3 is 1. The smallest absolute Gasteiger partial charge is 0.224 e. The molecule has 136 valence electrons. The second-order valence-corrected chi connectivity index (χ2v) is 7.32. The molecule has 1 aromatic heterocycles. The topological polar surface area (TPSA) is 54.5 Å². The van der Waals surface area contributed by atoms with Gasteiger partial charge in [-0.2, -0.15) is 0 Å². The molecule has 2 heterocycles. The van der Waals surface area contributed by atoms with E-state index in [2.05, 4.69) is 24.4 Å². The van der Waals surface area contributed by atoms with Crippen LogP contribution in [0.1, 0.15) is 38.4 Å². The highest BCUT2D eigenvalue weighted by Crippen LogP contribution is 2.49. The fourth-order valence-electron chi connectivity index (χ4n) is 4.21. The number of carbonyl (C=O) groups is 1. The number of amides is 1. The lowest BCUT2D eigenvalue weighted by Crippen LogP contribution is -2.51. The minimum absolute atomic E-state index is 0.0312. The van der Waals surface area contributed by atoms with Gasteiger partial charge < -0.3 is 15.0 Å². The Morgan fingerprint density at radius 1 is 1.19 bits per heavy atom. The number of benzene rings is 1. The average Bonchev–Trinajstić information content (AvgIpc) is 3.48. The summed E-state index contributed by atoms with van der Waals surface area (Å²) in [5.74, 6) is 1.48. The first-order valence-corrected chi connectivity index (χ1v) is 9.26. The van der Waals surface area contributed by atoms with E-state index in [1.165, 1.54) is 12.8 Å². The molecule has 3 unspecified atom stereocenters. The summed E-state index contributed by atoms with van der Waals surface area (Å²) in [5, 5.41) is 3.65. The molecule has 2 aliphatic rings. The minimum atomic E-state index is 0.0312. The van der Waals surface area contributed by atoms with Gasteiger partial charge in [0.05, 0.1) is 24.5 Å². The maximum Gasteiger partial charge on any atom is 0.224 e. The van der Waals surface area contributed by atoms with Gasteiger partial charge in [0.25, 0.3) is 0 Å². The quantitative estimate of drug-likeness (QED) is 0.904. The summed E-state index contributed by atoms with van der Waals surface area (Å²) in [5.41, 5.74) is 2.85. The molecule has 26 heavy (non-hydrogen) atoms. The molecule has 5 heteroatoms. The number of pyridine rings is 1. The first-order valence-electron chi connectivity index (χ1n) is 9.26. The van der Waals surface area contributed by atoms with Crippen LogP contribution in [0, 0.1) is 11.8 Å². The van der Waals surface area contributed by atoms with Crippen LogP contribution < -0.4 is 15.0 Å². The van der Waals surface area contributed by atoms with E-state index in [1.54, 1.807) is 14.0 Å². The first-order chi connectivity index (χ1) is 12.6. The number of carbonyl (C=O) groups excluding carboxylic acids is 1. The van der Waals surface area contributed by atoms with Crippen LogP contribution in [0.5, 0.6) is 5.88 Å². The van der Waals surface area contributed by atoms with Crippen LogP contribution in [-0.2, 0) is 4.79 Å². The molecule has 0 saturated heterocycles. The molecule has 1 saturated carbocycles. The third-order valence-corrected chi connectivity index (χ3v) is 5.54. The largest absolute Gasteiger partial charge is 0.481 e. The van der Waals surface area contributed by atoms with E-state index in [-0.39, 0.29) is 23.9 Å². The molecule has 0 spiro atoms. The molecule has 3 atom stereocenters. The Balaban J connectivity index is 1.81. The number of ether oxygens (including phenoxy) is 1. The highest BCUT2D eigenvalue weighted by atomic mass is 16.5. The summed E-state index contributed by atoms with van der Waals surface area (Å²) in [6.07, 6.45) is 2.38. The lowest BCUT2D eigenvalue weighted by atomic mass is 9.82. The second kappa shape index (κ2) is 6.63. The van der Waals surface area contributed by atoms with Gasteiger partial charge in [0.1, 0.15) is 0 Å². The Hall–Kier alpha value is -2.56. The molecule has 1 aliphatic carbocycles. The van der Waals surface area contributed by atoms with E-state index in [9.17, 15) is 4.79 Å². The Labute approximate surface area is 154 Å². The zero-order valence-corrected chi connectivity index (χ0v) is 15.5. The predicted octanol–water partition coefficient (Wildman–Crippen LogP) is 4.02. The maximum absolute atomic E-state index is 12.5. The van der Waals surface area contributed by atoms with Crippen molar-refractivity contribution in [1.82, 2.24) is 4.98 Å². The van der Waals surface area contributed by atoms with Gasteiger partial charge in [-0.05, 0) is 37.0 Å². The van der Waals surface area contributed by atoms with Crippen molar-refractivity contribution < 1.29 is 9.53 Å². The van der Waals surface area contributed by atoms with Crippen LogP contribution in [-0.4, -0.2) is 24.0 Å². The zero-order valence-electron chi connectivity index (χ0n) is 15.5. The molecule has 1 fully saturated rings. The van der Waals surface area contributed by atoms with Crippen LogP contribution in [0.4, 0.5) is 11.4 Å². The average molecular weight is 351 g/mol. The minimum Gasteiger partial charge on any atom is -0.481 e. The molecule has 5 nitrogen and oxygen atoms in total. The summed E-state index contributed by atoms with van der Waals surface area (Å²) in [7, 11) is 1.62. The summed E-state index contributed by atoms with van der Waals surface area (Å²) < 4.78 is 5.35. The van der Waals surface area contributed by atoms with Gasteiger partial charge in [0, 0.05) is 30.6 Å². The SMILES string of the molecule is COc1ccc2c(n1)C(Nc1ccccc1)C(C)C(C1CC1)N2C(C)=O. The summed E-state index contributed by atoms with van der Waals surface area (Å²) in [4.78, 5) is 19.2. The fourth-order valence-corrected chi connectivity index (χ4v) is 4.21. The van der Waals surface area contributed by atoms with Gasteiger partial charge in [-0.25, -0.2) is 4.98 Å². The lowest BCUT2D eigenvalue weighted by molar-refractivity contribution is -0.117. The van der Waals surface area contributed by atoms with Gasteiger partial charge in [0.2, 0.25) is 11.8 Å². The van der Waals surface area contributed by atoms with Crippen molar-refractivity contribution in [2.24, 2.45) is 11.8 Å². The fraction of sp³-hybridized carbons (Fsp3) is 0.429. The van der Waals surface area contributed by atoms with Crippen molar-refractivity contribution in [2.75, 3.05) is 17.3 Å². The normalized spacial score (nSPS) is 24.7. The Kier molecular flexibility index (Phi) is 4.31. The number of nitrogens with zero attached hydrogens (tertiary/aromatic N) is 2. The summed E-state index contributed by atoms with van der Waals surface area (Å²) >= 11 is 0. The number of nitrogens with one attached hydrogen (secondary N) is 1. The predicted molar refractivity (Wildman–Crippen MR) is 102 cm³/mol. The van der Waals surface area contributed by atoms with Crippen molar-refractivity contribution in [2.45, 2.75) is 38.8 Å². The Morgan fingerprint density at radius 3 is 2.54 bits per heavy atom. The van der Waals surface area contributed by atoms with E-state index >= 15 is 0 Å². The molecule has 1 N–H and O–H groups in total. The van der Waals surface area contributed by atoms with Gasteiger partial charge in [-0.15, -0.1) is 0 Å². The monoisotopic (exact) mass is 351 g/mol. The number of hydrogen-bond donors (Lipinski definition) is 1. The van der Waals surface area contributed by atoms with Crippen LogP contribution >= 0.6 is 0 Å². The van der Waals surface area contributed by atoms with Crippen molar-refractivity contribution in [3.05, 3.63) is 48.2 Å². The third kappa shape index (κ3) is 2.91. The van der Waals surface area contributed by atoms with E-state index in [0.29, 0.717) is 11.8 Å². The standard InChI is InChI=1S/C21H25N3O2/c1-13-19(22-16-7-5-4-6-8-16)20-17(11-12-18(23-20)26-3)24(14(2)25)21(13)15-9-10-15/h4-8,11-13,15,19,21-22H,9-10H2,1-3H3. The highest BCUT2D eigenvalue weighted by molar-refractivity contribution is 5.94. The zero-order chi connectivity index (χ0) is 18.3. The molecule has 0 radical (unpaired) electrons. The van der Waals surface area contributed by atoms with Crippen LogP contribution in [0.25, 0.3) is 0 Å². The Morgan fingerprint density at radius 2 is 1.92 bits per heavy atom. The molecule has 1 aliphatic heterocycles. The molecular weight excluding hydrogens is 326 g/mol. The van der Waals surface area contributed by atoms with Gasteiger partial charge in [-0.3, -0.25) is 4.79 Å². The van der Waals surface area contributed by atoms with Crippen molar-refractivity contribution in [3.63, 3.8) is 0 Å². The van der Waals surface area contributed by atoms with Crippen molar-refractivity contribution in [1.29, 1.82) is 0 Å². The molecule has 0 bridgehead atoms. The third-order valence-electron chi connectivity index (χ3n) is 5.54. The molecule has 2 aromatic rings. The number of rotatable bonds is 4. The maximum atomic E-state index is 12.5. The van der Waals surface area contributed by atoms with E-state index < -0.39 is 0 Å². The lowest BCUT2D eigenvalue weighted by Gasteiger charge is -2.45. The number of anilines is 2. The van der Waals surface area contributed by atoms with Crippen LogP contribution in [0.3, 0.4) is 0 Å². The second-order valence-electron chi connectivity index (χ2n) is 7.32. The number of fused-ring (bicyclic) bond motifs is 1. The molecule has 1 aromatic carbocycles.